The van der Waals surface area contributed by atoms with Crippen LogP contribution < -0.4 is 15.0 Å². The van der Waals surface area contributed by atoms with Crippen LogP contribution in [0.4, 0.5) is 15.1 Å². The number of hydrogen-bond donors (Lipinski definition) is 1. The molecule has 3 aliphatic rings. The predicted octanol–water partition coefficient (Wildman–Crippen LogP) is 4.85. The van der Waals surface area contributed by atoms with Crippen LogP contribution in [0.15, 0.2) is 48.0 Å². The maximum atomic E-state index is 14.9. The van der Waals surface area contributed by atoms with Crippen molar-refractivity contribution in [1.82, 2.24) is 20.2 Å². The van der Waals surface area contributed by atoms with Crippen LogP contribution in [-0.4, -0.2) is 65.1 Å². The van der Waals surface area contributed by atoms with Gasteiger partial charge in [0, 0.05) is 49.4 Å². The van der Waals surface area contributed by atoms with Crippen LogP contribution >= 0.6 is 0 Å². The molecule has 1 aromatic carbocycles. The lowest BCUT2D eigenvalue weighted by molar-refractivity contribution is 0.00768. The Labute approximate surface area is 229 Å². The monoisotopic (exact) mass is 536 g/mol. The van der Waals surface area contributed by atoms with Gasteiger partial charge in [-0.15, -0.1) is 0 Å². The highest BCUT2D eigenvalue weighted by atomic mass is 19.1. The Morgan fingerprint density at radius 3 is 2.62 bits per heavy atom. The number of hydrogen-bond acceptors (Lipinski definition) is 8. The standard InChI is InChI=1S/C29H37FN6O3/c1-29(2,3)39-28(37)36-13-5-7-22(19-36)38-23-17-33-27(34-18-23)35-14-9-20(10-15-35)26-25-21(6-4-8-24(25)30)16-31-11-12-32-26/h4,6,8,11-12,16-18,20,22,26,32H,5,7,9-10,13-15,19H2,1-3H3/b12-11-,31-16?. The third-order valence-corrected chi connectivity index (χ3v) is 7.29. The van der Waals surface area contributed by atoms with E-state index in [0.717, 1.165) is 44.3 Å². The van der Waals surface area contributed by atoms with Crippen molar-refractivity contribution in [3.05, 3.63) is 59.9 Å². The molecule has 0 saturated carbocycles. The van der Waals surface area contributed by atoms with E-state index < -0.39 is 5.60 Å². The Kier molecular flexibility index (Phi) is 7.99. The first-order chi connectivity index (χ1) is 18.8. The Balaban J connectivity index is 1.16. The van der Waals surface area contributed by atoms with Crippen LogP contribution in [0.5, 0.6) is 5.75 Å². The number of benzene rings is 1. The molecule has 1 amide bonds. The van der Waals surface area contributed by atoms with E-state index in [-0.39, 0.29) is 30.0 Å². The minimum absolute atomic E-state index is 0.126. The molecule has 1 aromatic heterocycles. The summed E-state index contributed by atoms with van der Waals surface area (Å²) in [5.41, 5.74) is 0.960. The molecule has 3 aliphatic heterocycles. The van der Waals surface area contributed by atoms with E-state index in [1.807, 2.05) is 26.8 Å². The number of aliphatic imine (C=N–C) groups is 1. The van der Waals surface area contributed by atoms with E-state index in [9.17, 15) is 9.18 Å². The highest BCUT2D eigenvalue weighted by molar-refractivity contribution is 5.82. The molecular formula is C29H37FN6O3. The van der Waals surface area contributed by atoms with Crippen molar-refractivity contribution in [2.45, 2.75) is 64.2 Å². The molecular weight excluding hydrogens is 499 g/mol. The Hall–Kier alpha value is -3.69. The number of carbonyl (C=O) groups excluding carboxylic acids is 1. The van der Waals surface area contributed by atoms with Crippen LogP contribution in [-0.2, 0) is 4.74 Å². The van der Waals surface area contributed by atoms with Crippen molar-refractivity contribution in [2.75, 3.05) is 31.1 Å². The second kappa shape index (κ2) is 11.6. The van der Waals surface area contributed by atoms with Gasteiger partial charge in [-0.1, -0.05) is 12.1 Å². The molecule has 2 unspecified atom stereocenters. The minimum atomic E-state index is -0.527. The molecule has 4 heterocycles. The fourth-order valence-electron chi connectivity index (χ4n) is 5.45. The zero-order valence-electron chi connectivity index (χ0n) is 22.8. The first kappa shape index (κ1) is 26.9. The van der Waals surface area contributed by atoms with Gasteiger partial charge in [-0.3, -0.25) is 4.99 Å². The third-order valence-electron chi connectivity index (χ3n) is 7.29. The molecule has 2 saturated heterocycles. The number of likely N-dealkylation sites (tertiary alicyclic amines) is 1. The molecule has 208 valence electrons. The maximum absolute atomic E-state index is 14.9. The van der Waals surface area contributed by atoms with Crippen LogP contribution in [0.25, 0.3) is 0 Å². The number of carbonyl (C=O) groups is 1. The van der Waals surface area contributed by atoms with Crippen LogP contribution in [0.3, 0.4) is 0 Å². The van der Waals surface area contributed by atoms with Gasteiger partial charge in [-0.25, -0.2) is 19.2 Å². The summed E-state index contributed by atoms with van der Waals surface area (Å²) in [7, 11) is 0. The van der Waals surface area contributed by atoms with Gasteiger partial charge < -0.3 is 24.6 Å². The summed E-state index contributed by atoms with van der Waals surface area (Å²) >= 11 is 0. The number of ether oxygens (including phenoxy) is 2. The lowest BCUT2D eigenvalue weighted by atomic mass is 9.83. The molecule has 2 aromatic rings. The summed E-state index contributed by atoms with van der Waals surface area (Å²) in [6.45, 7) is 8.29. The van der Waals surface area contributed by atoms with E-state index in [4.69, 9.17) is 9.47 Å². The lowest BCUT2D eigenvalue weighted by Gasteiger charge is -2.37. The topological polar surface area (TPSA) is 92.2 Å². The van der Waals surface area contributed by atoms with Crippen molar-refractivity contribution in [3.8, 4) is 5.75 Å². The first-order valence-corrected chi connectivity index (χ1v) is 13.7. The smallest absolute Gasteiger partial charge is 0.410 e. The maximum Gasteiger partial charge on any atom is 0.410 e. The summed E-state index contributed by atoms with van der Waals surface area (Å²) in [6, 6.07) is 5.02. The average molecular weight is 537 g/mol. The second-order valence-electron chi connectivity index (χ2n) is 11.3. The van der Waals surface area contributed by atoms with Gasteiger partial charge in [0.1, 0.15) is 17.5 Å². The quantitative estimate of drug-likeness (QED) is 0.598. The highest BCUT2D eigenvalue weighted by Crippen LogP contribution is 2.35. The number of nitrogens with one attached hydrogen (secondary N) is 1. The molecule has 0 radical (unpaired) electrons. The first-order valence-electron chi connectivity index (χ1n) is 13.7. The SMILES string of the molecule is CC(C)(C)OC(=O)N1CCCC(Oc2cnc(N3CCC(C4N/C=C\N=Cc5cccc(F)c54)CC3)nc2)C1. The average Bonchev–Trinajstić information content (AvgIpc) is 2.89. The number of halogens is 1. The largest absolute Gasteiger partial charge is 0.485 e. The summed E-state index contributed by atoms with van der Waals surface area (Å²) in [5.74, 6) is 1.29. The van der Waals surface area contributed by atoms with Crippen LogP contribution in [0.1, 0.15) is 63.6 Å². The van der Waals surface area contributed by atoms with Crippen LogP contribution in [0.2, 0.25) is 0 Å². The number of amides is 1. The summed E-state index contributed by atoms with van der Waals surface area (Å²) in [4.78, 5) is 29.7. The van der Waals surface area contributed by atoms with Gasteiger partial charge in [0.05, 0.1) is 25.0 Å². The molecule has 10 heteroatoms. The van der Waals surface area contributed by atoms with Crippen molar-refractivity contribution in [1.29, 1.82) is 0 Å². The highest BCUT2D eigenvalue weighted by Gasteiger charge is 2.32. The van der Waals surface area contributed by atoms with Gasteiger partial charge >= 0.3 is 6.09 Å². The number of piperidine rings is 2. The molecule has 5 rings (SSSR count). The molecule has 9 nitrogen and oxygen atoms in total. The number of fused-ring (bicyclic) bond motifs is 1. The summed E-state index contributed by atoms with van der Waals surface area (Å²) < 4.78 is 26.5. The number of anilines is 1. The van der Waals surface area contributed by atoms with Crippen molar-refractivity contribution < 1.29 is 18.7 Å². The normalized spacial score (nSPS) is 22.8. The molecule has 0 aliphatic carbocycles. The summed E-state index contributed by atoms with van der Waals surface area (Å²) in [5, 5.41) is 3.38. The van der Waals surface area contributed by atoms with Gasteiger partial charge in [-0.2, -0.15) is 0 Å². The fraction of sp³-hybridized carbons (Fsp3) is 0.517. The Bertz CT molecular complexity index is 1200. The zero-order valence-corrected chi connectivity index (χ0v) is 22.8. The second-order valence-corrected chi connectivity index (χ2v) is 11.3. The molecule has 2 fully saturated rings. The van der Waals surface area contributed by atoms with Gasteiger partial charge in [-0.05, 0) is 58.4 Å². The van der Waals surface area contributed by atoms with E-state index in [1.54, 1.807) is 42.0 Å². The molecule has 2 atom stereocenters. The lowest BCUT2D eigenvalue weighted by Crippen LogP contribution is -2.46. The fourth-order valence-corrected chi connectivity index (χ4v) is 5.45. The number of aromatic nitrogens is 2. The molecule has 1 N–H and O–H groups in total. The number of nitrogens with zero attached hydrogens (tertiary/aromatic N) is 5. The zero-order chi connectivity index (χ0) is 27.4. The molecule has 0 bridgehead atoms. The number of rotatable bonds is 4. The third kappa shape index (κ3) is 6.66. The van der Waals surface area contributed by atoms with Crippen LogP contribution in [0, 0.1) is 11.7 Å². The Morgan fingerprint density at radius 2 is 1.87 bits per heavy atom. The summed E-state index contributed by atoms with van der Waals surface area (Å²) in [6.07, 6.45) is 11.6. The van der Waals surface area contributed by atoms with Crippen molar-refractivity contribution in [2.24, 2.45) is 10.9 Å². The van der Waals surface area contributed by atoms with E-state index in [2.05, 4.69) is 25.2 Å². The van der Waals surface area contributed by atoms with E-state index >= 15 is 0 Å². The minimum Gasteiger partial charge on any atom is -0.485 e. The van der Waals surface area contributed by atoms with Crippen molar-refractivity contribution >= 4 is 18.3 Å². The predicted molar refractivity (Wildman–Crippen MR) is 147 cm³/mol. The Morgan fingerprint density at radius 1 is 1.10 bits per heavy atom. The van der Waals surface area contributed by atoms with Gasteiger partial charge in [0.2, 0.25) is 5.95 Å². The van der Waals surface area contributed by atoms with E-state index in [1.165, 1.54) is 6.07 Å². The van der Waals surface area contributed by atoms with Gasteiger partial charge in [0.15, 0.2) is 5.75 Å². The van der Waals surface area contributed by atoms with E-state index in [0.29, 0.717) is 30.4 Å². The van der Waals surface area contributed by atoms with Gasteiger partial charge in [0.25, 0.3) is 0 Å². The van der Waals surface area contributed by atoms with Crippen molar-refractivity contribution in [3.63, 3.8) is 0 Å². The molecule has 0 spiro atoms. The molecule has 39 heavy (non-hydrogen) atoms.